The number of methoxy groups -OCH3 is 1. The van der Waals surface area contributed by atoms with Crippen LogP contribution in [-0.2, 0) is 4.74 Å². The molecule has 0 bridgehead atoms. The van der Waals surface area contributed by atoms with Crippen LogP contribution in [0.1, 0.15) is 40.6 Å². The summed E-state index contributed by atoms with van der Waals surface area (Å²) in [5.41, 5.74) is 1.39. The highest BCUT2D eigenvalue weighted by molar-refractivity contribution is 9.10. The molecule has 2 aliphatic heterocycles. The molecule has 2 aromatic carbocycles. The molecule has 1 saturated heterocycles. The van der Waals surface area contributed by atoms with Gasteiger partial charge in [0.2, 0.25) is 5.76 Å². The number of amides is 1. The van der Waals surface area contributed by atoms with E-state index in [1.807, 2.05) is 24.3 Å². The van der Waals surface area contributed by atoms with Gasteiger partial charge in [-0.1, -0.05) is 28.1 Å². The number of fused-ring (bicyclic) bond motifs is 2. The van der Waals surface area contributed by atoms with Crippen molar-refractivity contribution in [1.82, 2.24) is 4.90 Å². The van der Waals surface area contributed by atoms with E-state index in [1.54, 1.807) is 30.2 Å². The maximum absolute atomic E-state index is 13.5. The Labute approximate surface area is 181 Å². The van der Waals surface area contributed by atoms with E-state index in [0.717, 1.165) is 22.9 Å². The largest absolute Gasteiger partial charge is 0.497 e. The predicted octanol–water partition coefficient (Wildman–Crippen LogP) is 4.29. The topological polar surface area (TPSA) is 69.0 Å². The van der Waals surface area contributed by atoms with Crippen molar-refractivity contribution in [2.45, 2.75) is 25.0 Å². The van der Waals surface area contributed by atoms with E-state index >= 15 is 0 Å². The van der Waals surface area contributed by atoms with Crippen LogP contribution in [0.5, 0.6) is 5.75 Å². The van der Waals surface area contributed by atoms with Crippen LogP contribution < -0.4 is 10.2 Å². The summed E-state index contributed by atoms with van der Waals surface area (Å²) >= 11 is 3.42. The fourth-order valence-electron chi connectivity index (χ4n) is 4.35. The maximum atomic E-state index is 13.5. The summed E-state index contributed by atoms with van der Waals surface area (Å²) in [6.07, 6.45) is 1.81. The van der Waals surface area contributed by atoms with E-state index < -0.39 is 6.04 Å². The second-order valence-corrected chi connectivity index (χ2v) is 8.50. The maximum Gasteiger partial charge on any atom is 0.291 e. The van der Waals surface area contributed by atoms with Crippen molar-refractivity contribution in [2.24, 2.45) is 0 Å². The van der Waals surface area contributed by atoms with Crippen molar-refractivity contribution in [1.29, 1.82) is 0 Å². The highest BCUT2D eigenvalue weighted by Crippen LogP contribution is 2.40. The molecule has 3 heterocycles. The zero-order chi connectivity index (χ0) is 20.8. The zero-order valence-electron chi connectivity index (χ0n) is 16.4. The van der Waals surface area contributed by atoms with E-state index in [2.05, 4.69) is 15.9 Å². The molecular weight excluding hydrogens is 450 g/mol. The van der Waals surface area contributed by atoms with Crippen LogP contribution in [0.15, 0.2) is 56.1 Å². The minimum Gasteiger partial charge on any atom is -0.497 e. The SMILES string of the molecule is COc1cccc([C@H]2c3c(oc4ccc(Br)cc4c3=O)C(=O)N2C[C@H]2CCCO2)c1. The number of hydrogen-bond donors (Lipinski definition) is 0. The van der Waals surface area contributed by atoms with Gasteiger partial charge in [0.05, 0.1) is 30.2 Å². The summed E-state index contributed by atoms with van der Waals surface area (Å²) in [5.74, 6) is 0.495. The molecule has 0 radical (unpaired) electrons. The van der Waals surface area contributed by atoms with E-state index in [9.17, 15) is 9.59 Å². The fourth-order valence-corrected chi connectivity index (χ4v) is 4.71. The number of nitrogens with zero attached hydrogens (tertiary/aromatic N) is 1. The average Bonchev–Trinajstić information content (AvgIpc) is 3.36. The van der Waals surface area contributed by atoms with Gasteiger partial charge in [-0.3, -0.25) is 9.59 Å². The van der Waals surface area contributed by atoms with Gasteiger partial charge in [-0.25, -0.2) is 0 Å². The van der Waals surface area contributed by atoms with Crippen LogP contribution in [0.4, 0.5) is 0 Å². The molecule has 1 aromatic heterocycles. The first-order valence-corrected chi connectivity index (χ1v) is 10.7. The molecule has 0 unspecified atom stereocenters. The lowest BCUT2D eigenvalue weighted by Gasteiger charge is -2.27. The third-order valence-electron chi connectivity index (χ3n) is 5.76. The molecule has 5 rings (SSSR count). The second kappa shape index (κ2) is 7.56. The Bertz CT molecular complexity index is 1200. The molecule has 30 heavy (non-hydrogen) atoms. The lowest BCUT2D eigenvalue weighted by molar-refractivity contribution is 0.0486. The van der Waals surface area contributed by atoms with Crippen molar-refractivity contribution >= 4 is 32.8 Å². The number of benzene rings is 2. The highest BCUT2D eigenvalue weighted by Gasteiger charge is 2.44. The first-order valence-electron chi connectivity index (χ1n) is 9.89. The number of carbonyl (C=O) groups excluding carboxylic acids is 1. The molecule has 154 valence electrons. The Morgan fingerprint density at radius 1 is 1.20 bits per heavy atom. The fraction of sp³-hybridized carbons (Fsp3) is 0.304. The van der Waals surface area contributed by atoms with Crippen molar-refractivity contribution in [2.75, 3.05) is 20.3 Å². The van der Waals surface area contributed by atoms with Gasteiger partial charge in [0.25, 0.3) is 5.91 Å². The Morgan fingerprint density at radius 3 is 2.83 bits per heavy atom. The van der Waals surface area contributed by atoms with Crippen molar-refractivity contribution in [3.63, 3.8) is 0 Å². The van der Waals surface area contributed by atoms with Crippen LogP contribution in [0, 0.1) is 0 Å². The molecule has 0 saturated carbocycles. The van der Waals surface area contributed by atoms with E-state index in [0.29, 0.717) is 35.4 Å². The number of hydrogen-bond acceptors (Lipinski definition) is 5. The molecule has 2 atom stereocenters. The minimum atomic E-state index is -0.550. The molecule has 0 N–H and O–H groups in total. The predicted molar refractivity (Wildman–Crippen MR) is 115 cm³/mol. The van der Waals surface area contributed by atoms with Gasteiger partial charge >= 0.3 is 0 Å². The molecule has 1 amide bonds. The van der Waals surface area contributed by atoms with Crippen molar-refractivity contribution in [3.05, 3.63) is 74.0 Å². The van der Waals surface area contributed by atoms with Gasteiger partial charge in [-0.2, -0.15) is 0 Å². The summed E-state index contributed by atoms with van der Waals surface area (Å²) in [5, 5.41) is 0.447. The third-order valence-corrected chi connectivity index (χ3v) is 6.25. The van der Waals surface area contributed by atoms with E-state index in [4.69, 9.17) is 13.9 Å². The Balaban J connectivity index is 1.71. The van der Waals surface area contributed by atoms with Gasteiger partial charge in [-0.15, -0.1) is 0 Å². The third kappa shape index (κ3) is 3.13. The van der Waals surface area contributed by atoms with Crippen LogP contribution in [-0.4, -0.2) is 37.2 Å². The lowest BCUT2D eigenvalue weighted by atomic mass is 9.98. The zero-order valence-corrected chi connectivity index (χ0v) is 18.0. The summed E-state index contributed by atoms with van der Waals surface area (Å²) in [4.78, 5) is 28.6. The Kier molecular flexibility index (Phi) is 4.87. The van der Waals surface area contributed by atoms with Crippen LogP contribution in [0.2, 0.25) is 0 Å². The van der Waals surface area contributed by atoms with Crippen LogP contribution in [0.25, 0.3) is 11.0 Å². The van der Waals surface area contributed by atoms with E-state index in [-0.39, 0.29) is 23.2 Å². The second-order valence-electron chi connectivity index (χ2n) is 7.59. The molecule has 0 spiro atoms. The first-order chi connectivity index (χ1) is 14.6. The Morgan fingerprint density at radius 2 is 2.07 bits per heavy atom. The molecule has 7 heteroatoms. The number of halogens is 1. The Hall–Kier alpha value is -2.64. The van der Waals surface area contributed by atoms with Crippen LogP contribution >= 0.6 is 15.9 Å². The van der Waals surface area contributed by atoms with E-state index in [1.165, 1.54) is 0 Å². The lowest BCUT2D eigenvalue weighted by Crippen LogP contribution is -2.36. The normalized spacial score (nSPS) is 20.7. The summed E-state index contributed by atoms with van der Waals surface area (Å²) in [6, 6.07) is 12.1. The van der Waals surface area contributed by atoms with Gasteiger partial charge in [0, 0.05) is 17.6 Å². The average molecular weight is 470 g/mol. The van der Waals surface area contributed by atoms with Crippen molar-refractivity contribution in [3.8, 4) is 5.75 Å². The van der Waals surface area contributed by atoms with Gasteiger partial charge < -0.3 is 18.8 Å². The number of rotatable bonds is 4. The quantitative estimate of drug-likeness (QED) is 0.569. The van der Waals surface area contributed by atoms with Crippen LogP contribution in [0.3, 0.4) is 0 Å². The number of ether oxygens (including phenoxy) is 2. The van der Waals surface area contributed by atoms with Gasteiger partial charge in [0.1, 0.15) is 11.3 Å². The molecule has 0 aliphatic carbocycles. The highest BCUT2D eigenvalue weighted by atomic mass is 79.9. The summed E-state index contributed by atoms with van der Waals surface area (Å²) < 4.78 is 17.9. The summed E-state index contributed by atoms with van der Waals surface area (Å²) in [6.45, 7) is 1.10. The molecule has 6 nitrogen and oxygen atoms in total. The monoisotopic (exact) mass is 469 g/mol. The molecule has 1 fully saturated rings. The molecular formula is C23H20BrNO5. The van der Waals surface area contributed by atoms with Crippen molar-refractivity contribution < 1.29 is 18.7 Å². The summed E-state index contributed by atoms with van der Waals surface area (Å²) in [7, 11) is 1.59. The van der Waals surface area contributed by atoms with Gasteiger partial charge in [0.15, 0.2) is 5.43 Å². The molecule has 3 aromatic rings. The smallest absolute Gasteiger partial charge is 0.291 e. The first kappa shape index (κ1) is 19.3. The standard InChI is InChI=1S/C23H20BrNO5/c1-28-15-5-2-4-13(10-15)20-19-21(26)17-11-14(24)7-8-18(17)30-22(19)23(27)25(20)12-16-6-3-9-29-16/h2,4-5,7-8,10-11,16,20H,3,6,9,12H2,1H3/t16-,20+/m1/s1. The minimum absolute atomic E-state index is 0.0463. The molecule has 2 aliphatic rings. The van der Waals surface area contributed by atoms with Gasteiger partial charge in [-0.05, 0) is 48.7 Å². The number of carbonyl (C=O) groups is 1.